The van der Waals surface area contributed by atoms with Crippen molar-refractivity contribution < 1.29 is 19.4 Å². The molecule has 4 rings (SSSR count). The summed E-state index contributed by atoms with van der Waals surface area (Å²) in [7, 11) is 2.09. The van der Waals surface area contributed by atoms with Crippen LogP contribution in [0.3, 0.4) is 0 Å². The number of carboxylic acids is 1. The van der Waals surface area contributed by atoms with Crippen molar-refractivity contribution in [2.45, 2.75) is 63.2 Å². The molecule has 34 heavy (non-hydrogen) atoms. The van der Waals surface area contributed by atoms with E-state index < -0.39 is 5.97 Å². The highest BCUT2D eigenvalue weighted by Crippen LogP contribution is 2.33. The molecule has 0 bridgehead atoms. The van der Waals surface area contributed by atoms with E-state index in [1.54, 1.807) is 11.8 Å². The lowest BCUT2D eigenvalue weighted by molar-refractivity contribution is -0.124. The van der Waals surface area contributed by atoms with Gasteiger partial charge in [-0.3, -0.25) is 4.79 Å². The molecule has 1 fully saturated rings. The lowest BCUT2D eigenvalue weighted by Gasteiger charge is -2.34. The number of aryl methyl sites for hydroxylation is 1. The summed E-state index contributed by atoms with van der Waals surface area (Å²) in [5, 5.41) is 10.1. The topological polar surface area (TPSA) is 81.0 Å². The van der Waals surface area contributed by atoms with Gasteiger partial charge in [0.1, 0.15) is 5.56 Å². The first kappa shape index (κ1) is 25.2. The summed E-state index contributed by atoms with van der Waals surface area (Å²) in [5.41, 5.74) is 1.48. The predicted molar refractivity (Wildman–Crippen MR) is 135 cm³/mol. The Hall–Kier alpha value is -1.87. The molecular formula is C26H36N2O5S. The van der Waals surface area contributed by atoms with Crippen molar-refractivity contribution in [3.63, 3.8) is 0 Å². The van der Waals surface area contributed by atoms with Crippen LogP contribution in [0.5, 0.6) is 0 Å². The lowest BCUT2D eigenvalue weighted by atomic mass is 9.95. The predicted octanol–water partition coefficient (Wildman–Crippen LogP) is 4.06. The fourth-order valence-electron chi connectivity index (χ4n) is 5.07. The van der Waals surface area contributed by atoms with Crippen LogP contribution >= 0.6 is 11.8 Å². The van der Waals surface area contributed by atoms with Crippen molar-refractivity contribution in [3.05, 3.63) is 39.7 Å². The van der Waals surface area contributed by atoms with Crippen molar-refractivity contribution in [2.75, 3.05) is 39.1 Å². The number of pyridine rings is 1. The van der Waals surface area contributed by atoms with E-state index in [4.69, 9.17) is 9.47 Å². The van der Waals surface area contributed by atoms with Gasteiger partial charge < -0.3 is 24.0 Å². The van der Waals surface area contributed by atoms with Crippen LogP contribution in [-0.4, -0.2) is 71.9 Å². The van der Waals surface area contributed by atoms with Crippen LogP contribution in [0.2, 0.25) is 0 Å². The molecule has 1 aromatic carbocycles. The van der Waals surface area contributed by atoms with Gasteiger partial charge in [0.05, 0.1) is 24.3 Å². The molecule has 0 spiro atoms. The molecule has 186 valence electrons. The fourth-order valence-corrected chi connectivity index (χ4v) is 6.13. The maximum Gasteiger partial charge on any atom is 0.341 e. The third-order valence-corrected chi connectivity index (χ3v) is 8.17. The molecular weight excluding hydrogens is 452 g/mol. The van der Waals surface area contributed by atoms with Crippen LogP contribution in [0.15, 0.2) is 28.0 Å². The van der Waals surface area contributed by atoms with E-state index in [9.17, 15) is 14.7 Å². The number of benzene rings is 1. The van der Waals surface area contributed by atoms with Gasteiger partial charge in [-0.05, 0) is 63.8 Å². The number of thioether (sulfide) groups is 1. The Balaban J connectivity index is 1.38. The van der Waals surface area contributed by atoms with E-state index in [2.05, 4.69) is 38.8 Å². The van der Waals surface area contributed by atoms with E-state index in [0.29, 0.717) is 17.9 Å². The molecule has 0 aliphatic carbocycles. The molecule has 2 unspecified atom stereocenters. The molecule has 4 atom stereocenters. The summed E-state index contributed by atoms with van der Waals surface area (Å²) in [6.07, 6.45) is 4.71. The van der Waals surface area contributed by atoms with Crippen molar-refractivity contribution >= 4 is 28.6 Å². The smallest absolute Gasteiger partial charge is 0.341 e. The highest BCUT2D eigenvalue weighted by molar-refractivity contribution is 7.99. The molecule has 0 amide bonds. The molecule has 1 saturated heterocycles. The van der Waals surface area contributed by atoms with Crippen LogP contribution in [0.4, 0.5) is 0 Å². The molecule has 2 aliphatic heterocycles. The Morgan fingerprint density at radius 1 is 1.26 bits per heavy atom. The highest BCUT2D eigenvalue weighted by Gasteiger charge is 2.29. The second-order valence-electron chi connectivity index (χ2n) is 9.78. The average molecular weight is 489 g/mol. The second-order valence-corrected chi connectivity index (χ2v) is 10.9. The highest BCUT2D eigenvalue weighted by atomic mass is 32.2. The maximum absolute atomic E-state index is 12.9. The number of hydrogen-bond donors (Lipinski definition) is 1. The monoisotopic (exact) mass is 488 g/mol. The number of nitrogens with zero attached hydrogens (tertiary/aromatic N) is 2. The van der Waals surface area contributed by atoms with Gasteiger partial charge in [0, 0.05) is 48.0 Å². The van der Waals surface area contributed by atoms with E-state index in [1.165, 1.54) is 6.20 Å². The van der Waals surface area contributed by atoms with Gasteiger partial charge >= 0.3 is 5.97 Å². The second kappa shape index (κ2) is 10.8. The number of carbonyl (C=O) groups is 1. The summed E-state index contributed by atoms with van der Waals surface area (Å²) in [6, 6.07) is 4.22. The number of aromatic nitrogens is 1. The third-order valence-electron chi connectivity index (χ3n) is 7.22. The fraction of sp³-hybridized carbons (Fsp3) is 0.615. The number of aromatic carboxylic acids is 1. The molecule has 1 N–H and O–H groups in total. The molecule has 8 heteroatoms. The Morgan fingerprint density at radius 3 is 2.79 bits per heavy atom. The Kier molecular flexibility index (Phi) is 8.02. The first-order valence-corrected chi connectivity index (χ1v) is 13.2. The molecule has 1 aromatic heterocycles. The zero-order chi connectivity index (χ0) is 24.4. The molecule has 2 aromatic rings. The van der Waals surface area contributed by atoms with E-state index in [0.717, 1.165) is 60.7 Å². The van der Waals surface area contributed by atoms with Crippen molar-refractivity contribution in [1.82, 2.24) is 9.47 Å². The number of likely N-dealkylation sites (N-methyl/N-ethyl adjacent to an activating group) is 1. The van der Waals surface area contributed by atoms with Crippen LogP contribution < -0.4 is 5.43 Å². The van der Waals surface area contributed by atoms with Gasteiger partial charge in [-0.2, -0.15) is 0 Å². The van der Waals surface area contributed by atoms with Gasteiger partial charge in [-0.25, -0.2) is 4.79 Å². The van der Waals surface area contributed by atoms with Crippen molar-refractivity contribution in [1.29, 1.82) is 0 Å². The number of hydrogen-bond acceptors (Lipinski definition) is 6. The third kappa shape index (κ3) is 5.35. The SMILES string of the molecule is CC1CCO[C@@H](C)[C@@H]1OCCN(C)CCSc1cc2c3c(c1)c(=O)c(C(=O)O)cn3C(C)CC2. The Morgan fingerprint density at radius 2 is 2.06 bits per heavy atom. The minimum absolute atomic E-state index is 0.146. The van der Waals surface area contributed by atoms with Gasteiger partial charge in [0.2, 0.25) is 5.43 Å². The normalized spacial score (nSPS) is 24.6. The largest absolute Gasteiger partial charge is 0.477 e. The van der Waals surface area contributed by atoms with Crippen LogP contribution in [0.1, 0.15) is 55.6 Å². The lowest BCUT2D eigenvalue weighted by Crippen LogP contribution is -2.41. The number of ether oxygens (including phenoxy) is 2. The molecule has 7 nitrogen and oxygen atoms in total. The van der Waals surface area contributed by atoms with Crippen LogP contribution in [0.25, 0.3) is 10.9 Å². The standard InChI is InChI=1S/C26H36N2O5S/c1-16-7-10-32-18(3)25(16)33-11-8-27(4)9-12-34-20-13-19-6-5-17(2)28-15-22(26(30)31)24(29)21(14-20)23(19)28/h13-18,25H,5-12H2,1-4H3,(H,30,31)/t16?,17?,18-,25+/m0/s1. The Labute approximate surface area is 205 Å². The quantitative estimate of drug-likeness (QED) is 0.533. The van der Waals surface area contributed by atoms with Gasteiger partial charge in [-0.1, -0.05) is 6.92 Å². The minimum atomic E-state index is -1.17. The van der Waals surface area contributed by atoms with E-state index in [1.807, 2.05) is 10.6 Å². The van der Waals surface area contributed by atoms with Crippen LogP contribution in [-0.2, 0) is 15.9 Å². The van der Waals surface area contributed by atoms with Crippen molar-refractivity contribution in [3.8, 4) is 0 Å². The van der Waals surface area contributed by atoms with E-state index >= 15 is 0 Å². The first-order valence-electron chi connectivity index (χ1n) is 12.3. The van der Waals surface area contributed by atoms with Crippen LogP contribution in [0, 0.1) is 5.92 Å². The Bertz CT molecular complexity index is 1090. The summed E-state index contributed by atoms with van der Waals surface area (Å²) >= 11 is 1.71. The zero-order valence-corrected chi connectivity index (χ0v) is 21.4. The van der Waals surface area contributed by atoms with Crippen molar-refractivity contribution in [2.24, 2.45) is 5.92 Å². The summed E-state index contributed by atoms with van der Waals surface area (Å²) < 4.78 is 13.8. The van der Waals surface area contributed by atoms with Gasteiger partial charge in [-0.15, -0.1) is 11.8 Å². The van der Waals surface area contributed by atoms with Gasteiger partial charge in [0.15, 0.2) is 0 Å². The number of carboxylic acid groups (broad SMARTS) is 1. The first-order chi connectivity index (χ1) is 16.3. The van der Waals surface area contributed by atoms with Gasteiger partial charge in [0.25, 0.3) is 0 Å². The summed E-state index contributed by atoms with van der Waals surface area (Å²) in [6.45, 7) is 9.64. The molecule has 2 aliphatic rings. The number of rotatable bonds is 9. The molecule has 0 saturated carbocycles. The average Bonchev–Trinajstić information content (AvgIpc) is 2.79. The summed E-state index contributed by atoms with van der Waals surface area (Å²) in [5.74, 6) is 0.234. The van der Waals surface area contributed by atoms with E-state index in [-0.39, 0.29) is 29.2 Å². The zero-order valence-electron chi connectivity index (χ0n) is 20.6. The molecule has 0 radical (unpaired) electrons. The minimum Gasteiger partial charge on any atom is -0.477 e. The maximum atomic E-state index is 12.9. The summed E-state index contributed by atoms with van der Waals surface area (Å²) in [4.78, 5) is 27.9. The molecule has 3 heterocycles.